The van der Waals surface area contributed by atoms with Gasteiger partial charge in [-0.3, -0.25) is 4.79 Å². The predicted molar refractivity (Wildman–Crippen MR) is 95.9 cm³/mol. The number of hydrogen-bond acceptors (Lipinski definition) is 4. The van der Waals surface area contributed by atoms with E-state index in [1.165, 1.54) is 42.5 Å². The van der Waals surface area contributed by atoms with E-state index in [4.69, 9.17) is 4.74 Å². The van der Waals surface area contributed by atoms with E-state index in [9.17, 15) is 13.2 Å². The Kier molecular flexibility index (Phi) is 6.15. The summed E-state index contributed by atoms with van der Waals surface area (Å²) in [4.78, 5) is 11.4. The van der Waals surface area contributed by atoms with E-state index in [-0.39, 0.29) is 23.8 Å². The van der Waals surface area contributed by atoms with Gasteiger partial charge in [-0.25, -0.2) is 8.42 Å². The summed E-state index contributed by atoms with van der Waals surface area (Å²) in [5, 5.41) is 0. The minimum atomic E-state index is -3.61. The fraction of sp³-hybridized carbons (Fsp3) is 0.235. The van der Waals surface area contributed by atoms with Gasteiger partial charge in [0.1, 0.15) is 12.4 Å². The fourth-order valence-corrected chi connectivity index (χ4v) is 3.54. The number of nitrogens with zero attached hydrogens (tertiary/aromatic N) is 1. The van der Waals surface area contributed by atoms with E-state index in [0.29, 0.717) is 11.3 Å². The van der Waals surface area contributed by atoms with Crippen LogP contribution < -0.4 is 4.74 Å². The molecule has 0 amide bonds. The Morgan fingerprint density at radius 2 is 1.83 bits per heavy atom. The van der Waals surface area contributed by atoms with Crippen molar-refractivity contribution in [3.8, 4) is 5.75 Å². The van der Waals surface area contributed by atoms with Crippen molar-refractivity contribution in [2.45, 2.75) is 11.8 Å². The summed E-state index contributed by atoms with van der Waals surface area (Å²) in [6.07, 6.45) is 0. The monoisotopic (exact) mass is 411 g/mol. The van der Waals surface area contributed by atoms with E-state index in [0.717, 1.165) is 4.47 Å². The van der Waals surface area contributed by atoms with Crippen molar-refractivity contribution in [3.63, 3.8) is 0 Å². The molecule has 2 aromatic carbocycles. The van der Waals surface area contributed by atoms with Gasteiger partial charge in [0.15, 0.2) is 5.78 Å². The summed E-state index contributed by atoms with van der Waals surface area (Å²) >= 11 is 3.35. The smallest absolute Gasteiger partial charge is 0.242 e. The first-order chi connectivity index (χ1) is 11.3. The van der Waals surface area contributed by atoms with E-state index >= 15 is 0 Å². The average molecular weight is 412 g/mol. The number of carbonyl (C=O) groups excluding carboxylic acids is 1. The van der Waals surface area contributed by atoms with Gasteiger partial charge in [-0.1, -0.05) is 34.1 Å². The van der Waals surface area contributed by atoms with Crippen LogP contribution in [-0.4, -0.2) is 38.7 Å². The number of likely N-dealkylation sites (N-methyl/N-ethyl adjacent to an activating group) is 1. The van der Waals surface area contributed by atoms with E-state index in [2.05, 4.69) is 15.9 Å². The summed E-state index contributed by atoms with van der Waals surface area (Å²) in [5.74, 6) is 0.565. The molecule has 2 aromatic rings. The highest BCUT2D eigenvalue weighted by Crippen LogP contribution is 2.18. The molecule has 0 aliphatic rings. The third-order valence-electron chi connectivity index (χ3n) is 3.44. The van der Waals surface area contributed by atoms with Gasteiger partial charge in [-0.2, -0.15) is 4.31 Å². The van der Waals surface area contributed by atoms with Crippen LogP contribution in [0.2, 0.25) is 0 Å². The lowest BCUT2D eigenvalue weighted by molar-refractivity contribution is 0.101. The van der Waals surface area contributed by atoms with Crippen molar-refractivity contribution < 1.29 is 17.9 Å². The van der Waals surface area contributed by atoms with Crippen LogP contribution in [0.3, 0.4) is 0 Å². The van der Waals surface area contributed by atoms with Crippen molar-refractivity contribution >= 4 is 31.7 Å². The van der Waals surface area contributed by atoms with Gasteiger partial charge in [0, 0.05) is 23.6 Å². The number of benzene rings is 2. The second-order valence-electron chi connectivity index (χ2n) is 5.21. The van der Waals surface area contributed by atoms with E-state index in [1.807, 2.05) is 18.2 Å². The third kappa shape index (κ3) is 4.66. The second kappa shape index (κ2) is 7.92. The Morgan fingerprint density at radius 3 is 2.42 bits per heavy atom. The number of carbonyl (C=O) groups is 1. The lowest BCUT2D eigenvalue weighted by Crippen LogP contribution is -2.31. The topological polar surface area (TPSA) is 63.7 Å². The third-order valence-corrected chi connectivity index (χ3v) is 5.80. The van der Waals surface area contributed by atoms with Crippen LogP contribution in [0.1, 0.15) is 17.3 Å². The molecule has 2 rings (SSSR count). The van der Waals surface area contributed by atoms with Crippen molar-refractivity contribution in [1.29, 1.82) is 0 Å². The van der Waals surface area contributed by atoms with Crippen LogP contribution in [0.5, 0.6) is 5.75 Å². The van der Waals surface area contributed by atoms with Crippen LogP contribution in [0.25, 0.3) is 0 Å². The Balaban J connectivity index is 1.99. The molecule has 0 bridgehead atoms. The second-order valence-corrected chi connectivity index (χ2v) is 8.17. The summed E-state index contributed by atoms with van der Waals surface area (Å²) < 4.78 is 32.7. The molecule has 0 saturated heterocycles. The SMILES string of the molecule is CC(=O)c1ccc(S(=O)(=O)N(C)CCOc2cccc(Br)c2)cc1. The number of Topliss-reactive ketones (excluding diaryl/α,β-unsaturated/α-hetero) is 1. The molecule has 0 spiro atoms. The first-order valence-electron chi connectivity index (χ1n) is 7.26. The van der Waals surface area contributed by atoms with Crippen LogP contribution in [0.4, 0.5) is 0 Å². The average Bonchev–Trinajstić information content (AvgIpc) is 2.55. The fourth-order valence-electron chi connectivity index (χ4n) is 2.01. The molecule has 0 fully saturated rings. The molecule has 0 aliphatic heterocycles. The number of ether oxygens (including phenoxy) is 1. The van der Waals surface area contributed by atoms with Crippen LogP contribution in [-0.2, 0) is 10.0 Å². The zero-order valence-electron chi connectivity index (χ0n) is 13.4. The molecule has 0 aliphatic carbocycles. The van der Waals surface area contributed by atoms with Crippen molar-refractivity contribution in [2.24, 2.45) is 0 Å². The van der Waals surface area contributed by atoms with Crippen LogP contribution in [0.15, 0.2) is 57.9 Å². The molecule has 24 heavy (non-hydrogen) atoms. The van der Waals surface area contributed by atoms with Crippen molar-refractivity contribution in [3.05, 3.63) is 58.6 Å². The van der Waals surface area contributed by atoms with Gasteiger partial charge in [0.05, 0.1) is 4.90 Å². The largest absolute Gasteiger partial charge is 0.492 e. The van der Waals surface area contributed by atoms with E-state index < -0.39 is 10.0 Å². The molecule has 5 nitrogen and oxygen atoms in total. The van der Waals surface area contributed by atoms with Gasteiger partial charge in [0.25, 0.3) is 0 Å². The minimum absolute atomic E-state index is 0.102. The first kappa shape index (κ1) is 18.6. The zero-order valence-corrected chi connectivity index (χ0v) is 15.8. The number of sulfonamides is 1. The molecule has 0 saturated carbocycles. The molecule has 0 aromatic heterocycles. The van der Waals surface area contributed by atoms with Crippen LogP contribution >= 0.6 is 15.9 Å². The number of ketones is 1. The summed E-state index contributed by atoms with van der Waals surface area (Å²) in [7, 11) is -2.11. The Bertz CT molecular complexity index is 819. The van der Waals surface area contributed by atoms with Gasteiger partial charge in [-0.05, 0) is 37.3 Å². The lowest BCUT2D eigenvalue weighted by atomic mass is 10.2. The first-order valence-corrected chi connectivity index (χ1v) is 9.50. The summed E-state index contributed by atoms with van der Waals surface area (Å²) in [6, 6.07) is 13.3. The number of hydrogen-bond donors (Lipinski definition) is 0. The molecule has 0 unspecified atom stereocenters. The molecule has 0 radical (unpaired) electrons. The Hall–Kier alpha value is -1.70. The molecular weight excluding hydrogens is 394 g/mol. The molecule has 0 N–H and O–H groups in total. The Morgan fingerprint density at radius 1 is 1.17 bits per heavy atom. The van der Waals surface area contributed by atoms with Gasteiger partial charge in [0.2, 0.25) is 10.0 Å². The van der Waals surface area contributed by atoms with Gasteiger partial charge < -0.3 is 4.74 Å². The standard InChI is InChI=1S/C17H18BrNO4S/c1-13(20)14-6-8-17(9-7-14)24(21,22)19(2)10-11-23-16-5-3-4-15(18)12-16/h3-9,12H,10-11H2,1-2H3. The molecule has 128 valence electrons. The molecular formula is C17H18BrNO4S. The molecule has 7 heteroatoms. The minimum Gasteiger partial charge on any atom is -0.492 e. The number of halogens is 1. The molecule has 0 atom stereocenters. The van der Waals surface area contributed by atoms with Gasteiger partial charge in [-0.15, -0.1) is 0 Å². The maximum atomic E-state index is 12.5. The van der Waals surface area contributed by atoms with Gasteiger partial charge >= 0.3 is 0 Å². The van der Waals surface area contributed by atoms with Crippen LogP contribution in [0, 0.1) is 0 Å². The maximum absolute atomic E-state index is 12.5. The Labute approximate surface area is 150 Å². The lowest BCUT2D eigenvalue weighted by Gasteiger charge is -2.17. The maximum Gasteiger partial charge on any atom is 0.242 e. The molecule has 0 heterocycles. The van der Waals surface area contributed by atoms with Crippen molar-refractivity contribution in [1.82, 2.24) is 4.31 Å². The zero-order chi connectivity index (χ0) is 17.7. The quantitative estimate of drug-likeness (QED) is 0.655. The van der Waals surface area contributed by atoms with Crippen molar-refractivity contribution in [2.75, 3.05) is 20.2 Å². The highest BCUT2D eigenvalue weighted by Gasteiger charge is 2.20. The highest BCUT2D eigenvalue weighted by molar-refractivity contribution is 9.10. The normalized spacial score (nSPS) is 11.5. The van der Waals surface area contributed by atoms with E-state index in [1.54, 1.807) is 6.07 Å². The predicted octanol–water partition coefficient (Wildman–Crippen LogP) is 3.35. The number of rotatable bonds is 7. The summed E-state index contributed by atoms with van der Waals surface area (Å²) in [6.45, 7) is 1.88. The summed E-state index contributed by atoms with van der Waals surface area (Å²) in [5.41, 5.74) is 0.481. The highest BCUT2D eigenvalue weighted by atomic mass is 79.9.